The minimum absolute atomic E-state index is 0.0149. The average Bonchev–Trinajstić information content (AvgIpc) is 2.78. The first-order valence-corrected chi connectivity index (χ1v) is 12.0. The zero-order chi connectivity index (χ0) is 21.6. The fourth-order valence-corrected chi connectivity index (χ4v) is 4.39. The van der Waals surface area contributed by atoms with E-state index >= 15 is 0 Å². The second-order valence-electron chi connectivity index (χ2n) is 8.73. The summed E-state index contributed by atoms with van der Waals surface area (Å²) in [7, 11) is 0. The molecule has 3 unspecified atom stereocenters. The normalized spacial score (nSPS) is 19.4. The molecule has 0 radical (unpaired) electrons. The third-order valence-electron chi connectivity index (χ3n) is 6.27. The number of nitrogens with zero attached hydrogens (tertiary/aromatic N) is 1. The van der Waals surface area contributed by atoms with Crippen LogP contribution in [0.2, 0.25) is 0 Å². The molecule has 1 aliphatic rings. The standard InChI is InChI=1S/C25H42N2O3/c1-2-3-4-5-6-7-11-17-24(29)26-23(25(30)21-14-9-8-10-15-21)19-27-18-13-12-16-22(27)20-28/h8-10,14-15,22-23,25,28,30H,2-7,11-13,16-20H2,1H3,(H,26,29). The number of carbonyl (C=O) groups excluding carboxylic acids is 1. The molecule has 30 heavy (non-hydrogen) atoms. The zero-order valence-corrected chi connectivity index (χ0v) is 18.8. The van der Waals surface area contributed by atoms with Crippen LogP contribution in [0.3, 0.4) is 0 Å². The third-order valence-corrected chi connectivity index (χ3v) is 6.27. The van der Waals surface area contributed by atoms with Gasteiger partial charge in [-0.15, -0.1) is 0 Å². The molecule has 1 aliphatic heterocycles. The van der Waals surface area contributed by atoms with E-state index in [1.54, 1.807) is 0 Å². The van der Waals surface area contributed by atoms with Gasteiger partial charge in [-0.3, -0.25) is 9.69 Å². The van der Waals surface area contributed by atoms with Crippen molar-refractivity contribution in [3.63, 3.8) is 0 Å². The van der Waals surface area contributed by atoms with E-state index in [1.807, 2.05) is 30.3 Å². The minimum Gasteiger partial charge on any atom is -0.395 e. The molecule has 3 N–H and O–H groups in total. The second-order valence-corrected chi connectivity index (χ2v) is 8.73. The van der Waals surface area contributed by atoms with E-state index < -0.39 is 6.10 Å². The molecule has 2 rings (SSSR count). The van der Waals surface area contributed by atoms with Gasteiger partial charge in [0.25, 0.3) is 0 Å². The molecule has 0 aromatic heterocycles. The lowest BCUT2D eigenvalue weighted by molar-refractivity contribution is -0.123. The maximum Gasteiger partial charge on any atom is 0.220 e. The second kappa shape index (κ2) is 14.6. The molecule has 0 bridgehead atoms. The van der Waals surface area contributed by atoms with E-state index in [0.717, 1.165) is 44.2 Å². The molecule has 170 valence electrons. The van der Waals surface area contributed by atoms with Gasteiger partial charge in [-0.05, 0) is 31.4 Å². The Morgan fingerprint density at radius 1 is 1.10 bits per heavy atom. The Labute approximate surface area is 182 Å². The molecule has 1 aromatic rings. The number of nitrogens with one attached hydrogen (secondary N) is 1. The highest BCUT2D eigenvalue weighted by Gasteiger charge is 2.29. The van der Waals surface area contributed by atoms with Crippen LogP contribution in [0.4, 0.5) is 0 Å². The van der Waals surface area contributed by atoms with Crippen molar-refractivity contribution < 1.29 is 15.0 Å². The number of amides is 1. The summed E-state index contributed by atoms with van der Waals surface area (Å²) >= 11 is 0. The summed E-state index contributed by atoms with van der Waals surface area (Å²) in [5.41, 5.74) is 0.816. The molecule has 1 fully saturated rings. The lowest BCUT2D eigenvalue weighted by Crippen LogP contribution is -2.52. The van der Waals surface area contributed by atoms with Crippen LogP contribution >= 0.6 is 0 Å². The summed E-state index contributed by atoms with van der Waals surface area (Å²) in [6.45, 7) is 3.80. The molecule has 1 saturated heterocycles. The fraction of sp³-hybridized carbons (Fsp3) is 0.720. The number of unbranched alkanes of at least 4 members (excludes halogenated alkanes) is 6. The molecule has 5 heteroatoms. The van der Waals surface area contributed by atoms with E-state index in [1.165, 1.54) is 32.1 Å². The number of aliphatic hydroxyl groups excluding tert-OH is 2. The first-order valence-electron chi connectivity index (χ1n) is 12.0. The van der Waals surface area contributed by atoms with Crippen LogP contribution in [0.15, 0.2) is 30.3 Å². The number of aliphatic hydroxyl groups is 2. The maximum atomic E-state index is 12.6. The van der Waals surface area contributed by atoms with Gasteiger partial charge < -0.3 is 15.5 Å². The smallest absolute Gasteiger partial charge is 0.220 e. The summed E-state index contributed by atoms with van der Waals surface area (Å²) < 4.78 is 0. The topological polar surface area (TPSA) is 72.8 Å². The Bertz CT molecular complexity index is 581. The van der Waals surface area contributed by atoms with Gasteiger partial charge in [-0.1, -0.05) is 82.2 Å². The van der Waals surface area contributed by atoms with E-state index in [2.05, 4.69) is 17.1 Å². The van der Waals surface area contributed by atoms with Gasteiger partial charge in [0.2, 0.25) is 5.91 Å². The summed E-state index contributed by atoms with van der Waals surface area (Å²) in [4.78, 5) is 14.9. The first kappa shape index (κ1) is 24.8. The molecule has 0 spiro atoms. The van der Waals surface area contributed by atoms with Gasteiger partial charge in [0.15, 0.2) is 0 Å². The summed E-state index contributed by atoms with van der Waals surface area (Å²) in [6.07, 6.45) is 11.2. The Hall–Kier alpha value is -1.43. The quantitative estimate of drug-likeness (QED) is 0.396. The number of carbonyl (C=O) groups is 1. The number of hydrogen-bond donors (Lipinski definition) is 3. The van der Waals surface area contributed by atoms with Crippen LogP contribution in [0.1, 0.15) is 89.2 Å². The molecule has 0 saturated carbocycles. The predicted octanol–water partition coefficient (Wildman–Crippen LogP) is 4.19. The molecule has 0 aliphatic carbocycles. The van der Waals surface area contributed by atoms with Crippen LogP contribution in [0.25, 0.3) is 0 Å². The van der Waals surface area contributed by atoms with Crippen molar-refractivity contribution in [2.75, 3.05) is 19.7 Å². The van der Waals surface area contributed by atoms with E-state index in [4.69, 9.17) is 0 Å². The van der Waals surface area contributed by atoms with Crippen LogP contribution in [-0.4, -0.2) is 52.8 Å². The molecular weight excluding hydrogens is 376 g/mol. The van der Waals surface area contributed by atoms with Gasteiger partial charge in [-0.25, -0.2) is 0 Å². The zero-order valence-electron chi connectivity index (χ0n) is 18.8. The summed E-state index contributed by atoms with van der Waals surface area (Å²) in [5, 5.41) is 23.9. The largest absolute Gasteiger partial charge is 0.395 e. The Morgan fingerprint density at radius 2 is 1.80 bits per heavy atom. The van der Waals surface area contributed by atoms with Gasteiger partial charge in [-0.2, -0.15) is 0 Å². The lowest BCUT2D eigenvalue weighted by Gasteiger charge is -2.38. The van der Waals surface area contributed by atoms with Crippen LogP contribution in [0, 0.1) is 0 Å². The van der Waals surface area contributed by atoms with E-state index in [-0.39, 0.29) is 24.6 Å². The highest BCUT2D eigenvalue weighted by atomic mass is 16.3. The van der Waals surface area contributed by atoms with Crippen molar-refractivity contribution in [3.8, 4) is 0 Å². The monoisotopic (exact) mass is 418 g/mol. The van der Waals surface area contributed by atoms with Crippen molar-refractivity contribution in [1.29, 1.82) is 0 Å². The van der Waals surface area contributed by atoms with Gasteiger partial charge in [0.1, 0.15) is 6.10 Å². The number of piperidine rings is 1. The Morgan fingerprint density at radius 3 is 2.50 bits per heavy atom. The predicted molar refractivity (Wildman–Crippen MR) is 122 cm³/mol. The Kier molecular flexibility index (Phi) is 12.0. The van der Waals surface area contributed by atoms with Crippen molar-refractivity contribution in [2.45, 2.75) is 95.7 Å². The van der Waals surface area contributed by atoms with Gasteiger partial charge in [0, 0.05) is 19.0 Å². The number of rotatable bonds is 14. The molecule has 1 heterocycles. The van der Waals surface area contributed by atoms with E-state index in [9.17, 15) is 15.0 Å². The number of likely N-dealkylation sites (tertiary alicyclic amines) is 1. The molecule has 3 atom stereocenters. The number of hydrogen-bond acceptors (Lipinski definition) is 4. The van der Waals surface area contributed by atoms with E-state index in [0.29, 0.717) is 13.0 Å². The molecule has 5 nitrogen and oxygen atoms in total. The SMILES string of the molecule is CCCCCCCCCC(=O)NC(CN1CCCCC1CO)C(O)c1ccccc1. The average molecular weight is 419 g/mol. The molecule has 1 amide bonds. The molecule has 1 aromatic carbocycles. The summed E-state index contributed by atoms with van der Waals surface area (Å²) in [5.74, 6) is 0.0149. The van der Waals surface area contributed by atoms with Crippen molar-refractivity contribution >= 4 is 5.91 Å². The van der Waals surface area contributed by atoms with Crippen molar-refractivity contribution in [3.05, 3.63) is 35.9 Å². The molecular formula is C25H42N2O3. The first-order chi connectivity index (χ1) is 14.7. The highest BCUT2D eigenvalue weighted by molar-refractivity contribution is 5.76. The van der Waals surface area contributed by atoms with Crippen molar-refractivity contribution in [2.24, 2.45) is 0 Å². The highest BCUT2D eigenvalue weighted by Crippen LogP contribution is 2.22. The van der Waals surface area contributed by atoms with Gasteiger partial charge in [0.05, 0.1) is 12.6 Å². The van der Waals surface area contributed by atoms with Gasteiger partial charge >= 0.3 is 0 Å². The van der Waals surface area contributed by atoms with Crippen LogP contribution < -0.4 is 5.32 Å². The van der Waals surface area contributed by atoms with Crippen LogP contribution in [0.5, 0.6) is 0 Å². The van der Waals surface area contributed by atoms with Crippen molar-refractivity contribution in [1.82, 2.24) is 10.2 Å². The van der Waals surface area contributed by atoms with Crippen LogP contribution in [-0.2, 0) is 4.79 Å². The fourth-order valence-electron chi connectivity index (χ4n) is 4.39. The number of benzene rings is 1. The maximum absolute atomic E-state index is 12.6. The Balaban J connectivity index is 1.89. The minimum atomic E-state index is -0.759. The lowest BCUT2D eigenvalue weighted by atomic mass is 9.97. The third kappa shape index (κ3) is 8.75. The summed E-state index contributed by atoms with van der Waals surface area (Å²) in [6, 6.07) is 9.29.